The zero-order valence-electron chi connectivity index (χ0n) is 19.7. The number of nitrogens with zero attached hydrogens (tertiary/aromatic N) is 1. The highest BCUT2D eigenvalue weighted by Crippen LogP contribution is 2.18. The number of ether oxygens (including phenoxy) is 1. The van der Waals surface area contributed by atoms with E-state index in [1.807, 2.05) is 68.4 Å². The number of benzene rings is 3. The molecule has 5 nitrogen and oxygen atoms in total. The Balaban J connectivity index is 1.89. The molecule has 3 aromatic rings. The molecule has 0 saturated carbocycles. The number of rotatable bonds is 11. The van der Waals surface area contributed by atoms with Crippen LogP contribution in [0.15, 0.2) is 78.9 Å². The Hall–Kier alpha value is -3.67. The zero-order valence-corrected chi connectivity index (χ0v) is 19.7. The molecule has 0 spiro atoms. The first-order valence-corrected chi connectivity index (χ1v) is 11.5. The first kappa shape index (κ1) is 25.0. The van der Waals surface area contributed by atoms with Gasteiger partial charge in [-0.1, -0.05) is 79.2 Å². The molecular formula is C28H31FN2O3. The molecule has 0 saturated heterocycles. The number of hydrogen-bond acceptors (Lipinski definition) is 3. The first-order chi connectivity index (χ1) is 16.5. The summed E-state index contributed by atoms with van der Waals surface area (Å²) < 4.78 is 19.5. The third-order valence-electron chi connectivity index (χ3n) is 5.48. The Bertz CT molecular complexity index is 1070. The van der Waals surface area contributed by atoms with Gasteiger partial charge < -0.3 is 15.0 Å². The van der Waals surface area contributed by atoms with Gasteiger partial charge in [0.15, 0.2) is 18.2 Å². The van der Waals surface area contributed by atoms with E-state index in [4.69, 9.17) is 4.74 Å². The normalized spacial score (nSPS) is 11.5. The van der Waals surface area contributed by atoms with Crippen LogP contribution in [0.1, 0.15) is 30.0 Å². The van der Waals surface area contributed by atoms with Gasteiger partial charge >= 0.3 is 0 Å². The second-order valence-corrected chi connectivity index (χ2v) is 8.22. The van der Waals surface area contributed by atoms with Crippen molar-refractivity contribution in [2.45, 2.75) is 39.3 Å². The molecule has 1 atom stereocenters. The summed E-state index contributed by atoms with van der Waals surface area (Å²) in [5.41, 5.74) is 2.94. The minimum Gasteiger partial charge on any atom is -0.481 e. The molecule has 0 fully saturated rings. The van der Waals surface area contributed by atoms with E-state index in [2.05, 4.69) is 5.32 Å². The molecule has 2 amide bonds. The SMILES string of the molecule is CCCNC(=O)[C@@H](Cc1ccccc1)N(Cc1ccc(C)cc1)C(=O)COc1ccccc1F. The van der Waals surface area contributed by atoms with Gasteiger partial charge in [0, 0.05) is 19.5 Å². The van der Waals surface area contributed by atoms with Crippen LogP contribution in [0.5, 0.6) is 5.75 Å². The van der Waals surface area contributed by atoms with Crippen molar-refractivity contribution in [1.29, 1.82) is 0 Å². The predicted molar refractivity (Wildman–Crippen MR) is 131 cm³/mol. The van der Waals surface area contributed by atoms with Crippen LogP contribution in [-0.4, -0.2) is 35.9 Å². The molecule has 0 unspecified atom stereocenters. The fourth-order valence-electron chi connectivity index (χ4n) is 3.59. The van der Waals surface area contributed by atoms with Crippen molar-refractivity contribution < 1.29 is 18.7 Å². The maximum absolute atomic E-state index is 14.0. The number of amides is 2. The molecule has 3 aromatic carbocycles. The zero-order chi connectivity index (χ0) is 24.3. The van der Waals surface area contributed by atoms with Gasteiger partial charge in [0.25, 0.3) is 5.91 Å². The Kier molecular flexibility index (Phi) is 9.21. The van der Waals surface area contributed by atoms with Gasteiger partial charge in [-0.3, -0.25) is 9.59 Å². The summed E-state index contributed by atoms with van der Waals surface area (Å²) in [6, 6.07) is 22.6. The Morgan fingerprint density at radius 2 is 1.62 bits per heavy atom. The molecule has 34 heavy (non-hydrogen) atoms. The quantitative estimate of drug-likeness (QED) is 0.450. The molecule has 0 aliphatic carbocycles. The number of carbonyl (C=O) groups excluding carboxylic acids is 2. The van der Waals surface area contributed by atoms with Gasteiger partial charge in [0.2, 0.25) is 5.91 Å². The van der Waals surface area contributed by atoms with E-state index in [0.717, 1.165) is 23.1 Å². The number of para-hydroxylation sites is 1. The third-order valence-corrected chi connectivity index (χ3v) is 5.48. The lowest BCUT2D eigenvalue weighted by atomic mass is 10.0. The van der Waals surface area contributed by atoms with Gasteiger partial charge in [-0.05, 0) is 36.6 Å². The van der Waals surface area contributed by atoms with Crippen molar-refractivity contribution in [2.75, 3.05) is 13.2 Å². The summed E-state index contributed by atoms with van der Waals surface area (Å²) in [5.74, 6) is -1.16. The van der Waals surface area contributed by atoms with Crippen molar-refractivity contribution in [3.8, 4) is 5.75 Å². The molecule has 1 N–H and O–H groups in total. The number of halogens is 1. The van der Waals surface area contributed by atoms with Gasteiger partial charge in [0.05, 0.1) is 0 Å². The van der Waals surface area contributed by atoms with Crippen molar-refractivity contribution in [1.82, 2.24) is 10.2 Å². The summed E-state index contributed by atoms with van der Waals surface area (Å²) in [7, 11) is 0. The molecule has 0 aliphatic rings. The molecule has 0 bridgehead atoms. The van der Waals surface area contributed by atoms with E-state index >= 15 is 0 Å². The lowest BCUT2D eigenvalue weighted by Gasteiger charge is -2.31. The van der Waals surface area contributed by atoms with Crippen molar-refractivity contribution >= 4 is 11.8 Å². The number of carbonyl (C=O) groups is 2. The molecule has 3 rings (SSSR count). The molecule has 6 heteroatoms. The highest BCUT2D eigenvalue weighted by molar-refractivity contribution is 5.88. The van der Waals surface area contributed by atoms with E-state index in [1.165, 1.54) is 17.0 Å². The summed E-state index contributed by atoms with van der Waals surface area (Å²) >= 11 is 0. The standard InChI is InChI=1S/C28H31FN2O3/c1-3-17-30-28(33)25(18-22-9-5-4-6-10-22)31(19-23-15-13-21(2)14-16-23)27(32)20-34-26-12-8-7-11-24(26)29/h4-16,25H,3,17-20H2,1-2H3,(H,30,33)/t25-/m1/s1. The van der Waals surface area contributed by atoms with Crippen molar-refractivity contribution in [3.63, 3.8) is 0 Å². The second kappa shape index (κ2) is 12.5. The van der Waals surface area contributed by atoms with E-state index in [-0.39, 0.29) is 24.8 Å². The number of hydrogen-bond donors (Lipinski definition) is 1. The van der Waals surface area contributed by atoms with E-state index in [0.29, 0.717) is 13.0 Å². The predicted octanol–water partition coefficient (Wildman–Crippen LogP) is 4.68. The first-order valence-electron chi connectivity index (χ1n) is 11.5. The Morgan fingerprint density at radius 3 is 2.29 bits per heavy atom. The fourth-order valence-corrected chi connectivity index (χ4v) is 3.59. The average Bonchev–Trinajstić information content (AvgIpc) is 2.85. The van der Waals surface area contributed by atoms with E-state index in [1.54, 1.807) is 12.1 Å². The van der Waals surface area contributed by atoms with Gasteiger partial charge in [-0.15, -0.1) is 0 Å². The van der Waals surface area contributed by atoms with Crippen LogP contribution in [0.25, 0.3) is 0 Å². The van der Waals surface area contributed by atoms with E-state index < -0.39 is 17.8 Å². The van der Waals surface area contributed by atoms with Crippen LogP contribution >= 0.6 is 0 Å². The fraction of sp³-hybridized carbons (Fsp3) is 0.286. The lowest BCUT2D eigenvalue weighted by Crippen LogP contribution is -2.51. The van der Waals surface area contributed by atoms with Crippen LogP contribution in [0.3, 0.4) is 0 Å². The molecule has 0 aromatic heterocycles. The largest absolute Gasteiger partial charge is 0.481 e. The minimum atomic E-state index is -0.744. The maximum atomic E-state index is 14.0. The van der Waals surface area contributed by atoms with Crippen LogP contribution in [-0.2, 0) is 22.6 Å². The minimum absolute atomic E-state index is 0.00109. The van der Waals surface area contributed by atoms with Crippen LogP contribution in [0.4, 0.5) is 4.39 Å². The summed E-state index contributed by atoms with van der Waals surface area (Å²) in [4.78, 5) is 28.2. The topological polar surface area (TPSA) is 58.6 Å². The van der Waals surface area contributed by atoms with Gasteiger partial charge in [0.1, 0.15) is 6.04 Å². The highest BCUT2D eigenvalue weighted by atomic mass is 19.1. The van der Waals surface area contributed by atoms with Gasteiger partial charge in [-0.2, -0.15) is 0 Å². The average molecular weight is 463 g/mol. The molecule has 178 valence electrons. The van der Waals surface area contributed by atoms with Crippen LogP contribution in [0.2, 0.25) is 0 Å². The summed E-state index contributed by atoms with van der Waals surface area (Å²) in [5, 5.41) is 2.93. The molecular weight excluding hydrogens is 431 g/mol. The Labute approximate surface area is 200 Å². The summed E-state index contributed by atoms with van der Waals surface area (Å²) in [6.07, 6.45) is 1.14. The molecule has 0 radical (unpaired) electrons. The maximum Gasteiger partial charge on any atom is 0.261 e. The second-order valence-electron chi connectivity index (χ2n) is 8.22. The number of aryl methyl sites for hydroxylation is 1. The summed E-state index contributed by atoms with van der Waals surface area (Å²) in [6.45, 7) is 4.34. The molecule has 0 aliphatic heterocycles. The van der Waals surface area contributed by atoms with Crippen molar-refractivity contribution in [2.24, 2.45) is 0 Å². The van der Waals surface area contributed by atoms with Gasteiger partial charge in [-0.25, -0.2) is 4.39 Å². The van der Waals surface area contributed by atoms with Crippen LogP contribution < -0.4 is 10.1 Å². The molecule has 0 heterocycles. The van der Waals surface area contributed by atoms with Crippen molar-refractivity contribution in [3.05, 3.63) is 101 Å². The lowest BCUT2D eigenvalue weighted by molar-refractivity contribution is -0.142. The Morgan fingerprint density at radius 1 is 0.941 bits per heavy atom. The third kappa shape index (κ3) is 7.17. The van der Waals surface area contributed by atoms with Crippen LogP contribution in [0, 0.1) is 12.7 Å². The number of nitrogens with one attached hydrogen (secondary N) is 1. The van der Waals surface area contributed by atoms with E-state index in [9.17, 15) is 14.0 Å². The monoisotopic (exact) mass is 462 g/mol. The highest BCUT2D eigenvalue weighted by Gasteiger charge is 2.30. The smallest absolute Gasteiger partial charge is 0.261 e.